The molecule has 3 aromatic carbocycles. The van der Waals surface area contributed by atoms with E-state index in [2.05, 4.69) is 5.32 Å². The van der Waals surface area contributed by atoms with Gasteiger partial charge >= 0.3 is 0 Å². The van der Waals surface area contributed by atoms with Crippen LogP contribution in [0.4, 0.5) is 5.69 Å². The van der Waals surface area contributed by atoms with E-state index in [9.17, 15) is 4.79 Å². The predicted molar refractivity (Wildman–Crippen MR) is 122 cm³/mol. The number of benzene rings is 3. The molecule has 4 aromatic rings. The van der Waals surface area contributed by atoms with Gasteiger partial charge in [0.15, 0.2) is 5.76 Å². The average molecular weight is 418 g/mol. The third kappa shape index (κ3) is 4.09. The minimum Gasteiger partial charge on any atom is -0.495 e. The number of ketones is 1. The van der Waals surface area contributed by atoms with Gasteiger partial charge < -0.3 is 14.5 Å². The number of methoxy groups -OCH3 is 1. The van der Waals surface area contributed by atoms with E-state index in [1.54, 1.807) is 18.2 Å². The Hall–Kier alpha value is -3.50. The fourth-order valence-corrected chi connectivity index (χ4v) is 3.50. The molecule has 1 heterocycles. The first kappa shape index (κ1) is 19.8. The highest BCUT2D eigenvalue weighted by Crippen LogP contribution is 2.33. The molecule has 0 atom stereocenters. The van der Waals surface area contributed by atoms with Gasteiger partial charge in [-0.15, -0.1) is 0 Å². The van der Waals surface area contributed by atoms with Crippen molar-refractivity contribution in [2.45, 2.75) is 0 Å². The smallest absolute Gasteiger partial charge is 0.230 e. The van der Waals surface area contributed by atoms with Crippen molar-refractivity contribution in [1.82, 2.24) is 0 Å². The van der Waals surface area contributed by atoms with Crippen LogP contribution in [0.2, 0.25) is 5.02 Å². The molecule has 30 heavy (non-hydrogen) atoms. The summed E-state index contributed by atoms with van der Waals surface area (Å²) in [4.78, 5) is 13.2. The lowest BCUT2D eigenvalue weighted by molar-refractivity contribution is 0.101. The van der Waals surface area contributed by atoms with Crippen molar-refractivity contribution in [2.75, 3.05) is 19.0 Å². The molecule has 0 saturated carbocycles. The van der Waals surface area contributed by atoms with Crippen molar-refractivity contribution >= 4 is 40.1 Å². The van der Waals surface area contributed by atoms with Crippen molar-refractivity contribution in [3.05, 3.63) is 101 Å². The molecular weight excluding hydrogens is 398 g/mol. The fraction of sp³-hybridized carbons (Fsp3) is 0.0800. The van der Waals surface area contributed by atoms with Gasteiger partial charge in [-0.3, -0.25) is 4.79 Å². The van der Waals surface area contributed by atoms with Crippen molar-refractivity contribution in [1.29, 1.82) is 0 Å². The summed E-state index contributed by atoms with van der Waals surface area (Å²) in [5.74, 6) is 0.526. The molecule has 150 valence electrons. The molecule has 0 aliphatic carbocycles. The normalized spacial score (nSPS) is 11.1. The predicted octanol–water partition coefficient (Wildman–Crippen LogP) is 6.45. The number of hydrogen-bond acceptors (Lipinski definition) is 4. The molecule has 1 N–H and O–H groups in total. The summed E-state index contributed by atoms with van der Waals surface area (Å²) in [5, 5.41) is 4.57. The molecule has 0 bridgehead atoms. The standard InChI is InChI=1S/C25H20ClNO3/c1-29-22-14-13-18(16-20(22)26)24(28)25-23(19-11-5-6-12-21(19)30-25)27-15-7-10-17-8-3-2-4-9-17/h2-14,16,27H,15H2,1H3/b10-7+. The molecule has 0 unspecified atom stereocenters. The fourth-order valence-electron chi connectivity index (χ4n) is 3.24. The highest BCUT2D eigenvalue weighted by atomic mass is 35.5. The molecule has 1 aromatic heterocycles. The molecule has 5 heteroatoms. The first-order valence-electron chi connectivity index (χ1n) is 9.52. The van der Waals surface area contributed by atoms with Crippen LogP contribution in [0.25, 0.3) is 17.0 Å². The number of furan rings is 1. The van der Waals surface area contributed by atoms with Gasteiger partial charge in [0.2, 0.25) is 5.78 Å². The quantitative estimate of drug-likeness (QED) is 0.351. The number of hydrogen-bond donors (Lipinski definition) is 1. The van der Waals surface area contributed by atoms with Gasteiger partial charge in [0.25, 0.3) is 0 Å². The second-order valence-electron chi connectivity index (χ2n) is 6.67. The van der Waals surface area contributed by atoms with Crippen LogP contribution in [0.5, 0.6) is 5.75 Å². The number of ether oxygens (including phenoxy) is 1. The van der Waals surface area contributed by atoms with E-state index in [1.807, 2.05) is 66.7 Å². The van der Waals surface area contributed by atoms with Gasteiger partial charge in [0.1, 0.15) is 11.3 Å². The summed E-state index contributed by atoms with van der Waals surface area (Å²) < 4.78 is 11.1. The van der Waals surface area contributed by atoms with Crippen LogP contribution < -0.4 is 10.1 Å². The molecule has 0 fully saturated rings. The number of fused-ring (bicyclic) bond motifs is 1. The van der Waals surface area contributed by atoms with Gasteiger partial charge in [0, 0.05) is 17.5 Å². The van der Waals surface area contributed by atoms with E-state index in [1.165, 1.54) is 7.11 Å². The van der Waals surface area contributed by atoms with Crippen LogP contribution in [-0.4, -0.2) is 19.4 Å². The summed E-state index contributed by atoms with van der Waals surface area (Å²) in [5.41, 5.74) is 2.86. The number of anilines is 1. The van der Waals surface area contributed by atoms with Gasteiger partial charge in [-0.25, -0.2) is 0 Å². The van der Waals surface area contributed by atoms with E-state index in [-0.39, 0.29) is 11.5 Å². The van der Waals surface area contributed by atoms with Crippen LogP contribution in [0, 0.1) is 0 Å². The van der Waals surface area contributed by atoms with Crippen molar-refractivity contribution < 1.29 is 13.9 Å². The van der Waals surface area contributed by atoms with Crippen LogP contribution in [-0.2, 0) is 0 Å². The highest BCUT2D eigenvalue weighted by molar-refractivity contribution is 6.32. The minimum absolute atomic E-state index is 0.245. The maximum atomic E-state index is 13.2. The topological polar surface area (TPSA) is 51.5 Å². The summed E-state index contributed by atoms with van der Waals surface area (Å²) in [6, 6.07) is 22.6. The lowest BCUT2D eigenvalue weighted by Crippen LogP contribution is -2.06. The molecular formula is C25H20ClNO3. The summed E-state index contributed by atoms with van der Waals surface area (Å²) in [6.45, 7) is 0.544. The van der Waals surface area contributed by atoms with E-state index in [0.717, 1.165) is 10.9 Å². The lowest BCUT2D eigenvalue weighted by Gasteiger charge is -2.07. The molecule has 0 amide bonds. The van der Waals surface area contributed by atoms with Gasteiger partial charge in [-0.1, -0.05) is 66.2 Å². The van der Waals surface area contributed by atoms with Crippen LogP contribution in [0.3, 0.4) is 0 Å². The molecule has 0 aliphatic heterocycles. The van der Waals surface area contributed by atoms with Crippen molar-refractivity contribution in [2.24, 2.45) is 0 Å². The SMILES string of the molecule is COc1ccc(C(=O)c2oc3ccccc3c2NC/C=C/c2ccccc2)cc1Cl. The largest absolute Gasteiger partial charge is 0.495 e. The van der Waals surface area contributed by atoms with E-state index >= 15 is 0 Å². The maximum absolute atomic E-state index is 13.2. The number of rotatable bonds is 7. The molecule has 4 rings (SSSR count). The number of para-hydroxylation sites is 1. The molecule has 0 radical (unpaired) electrons. The van der Waals surface area contributed by atoms with Gasteiger partial charge in [0.05, 0.1) is 17.8 Å². The molecule has 0 aliphatic rings. The summed E-state index contributed by atoms with van der Waals surface area (Å²) in [7, 11) is 1.53. The Morgan fingerprint density at radius 2 is 1.83 bits per heavy atom. The first-order valence-corrected chi connectivity index (χ1v) is 9.90. The highest BCUT2D eigenvalue weighted by Gasteiger charge is 2.22. The van der Waals surface area contributed by atoms with E-state index < -0.39 is 0 Å². The number of carbonyl (C=O) groups excluding carboxylic acids is 1. The zero-order valence-electron chi connectivity index (χ0n) is 16.4. The van der Waals surface area contributed by atoms with Gasteiger partial charge in [-0.05, 0) is 35.9 Å². The Morgan fingerprint density at radius 3 is 2.60 bits per heavy atom. The zero-order valence-corrected chi connectivity index (χ0v) is 17.1. The summed E-state index contributed by atoms with van der Waals surface area (Å²) in [6.07, 6.45) is 4.04. The Labute approximate surface area is 179 Å². The zero-order chi connectivity index (χ0) is 20.9. The van der Waals surface area contributed by atoms with Crippen molar-refractivity contribution in [3.63, 3.8) is 0 Å². The monoisotopic (exact) mass is 417 g/mol. The van der Waals surface area contributed by atoms with Crippen LogP contribution in [0.1, 0.15) is 21.7 Å². The Balaban J connectivity index is 1.64. The van der Waals surface area contributed by atoms with Crippen LogP contribution in [0.15, 0.2) is 83.3 Å². The van der Waals surface area contributed by atoms with E-state index in [0.29, 0.717) is 34.2 Å². The maximum Gasteiger partial charge on any atom is 0.230 e. The summed E-state index contributed by atoms with van der Waals surface area (Å²) >= 11 is 6.21. The number of halogens is 1. The lowest BCUT2D eigenvalue weighted by atomic mass is 10.1. The van der Waals surface area contributed by atoms with E-state index in [4.69, 9.17) is 20.8 Å². The molecule has 4 nitrogen and oxygen atoms in total. The minimum atomic E-state index is -0.245. The second-order valence-corrected chi connectivity index (χ2v) is 7.08. The molecule has 0 saturated heterocycles. The average Bonchev–Trinajstić information content (AvgIpc) is 3.15. The van der Waals surface area contributed by atoms with Gasteiger partial charge in [-0.2, -0.15) is 0 Å². The molecule has 0 spiro atoms. The third-order valence-corrected chi connectivity index (χ3v) is 5.02. The Morgan fingerprint density at radius 1 is 1.07 bits per heavy atom. The second kappa shape index (κ2) is 8.89. The Kier molecular flexibility index (Phi) is 5.87. The number of nitrogens with one attached hydrogen (secondary N) is 1. The first-order chi connectivity index (χ1) is 14.7. The van der Waals surface area contributed by atoms with Crippen LogP contribution >= 0.6 is 11.6 Å². The van der Waals surface area contributed by atoms with Crippen molar-refractivity contribution in [3.8, 4) is 5.75 Å². The third-order valence-electron chi connectivity index (χ3n) is 4.72. The number of carbonyl (C=O) groups is 1. The Bertz CT molecular complexity index is 1210.